The van der Waals surface area contributed by atoms with Crippen molar-refractivity contribution in [3.8, 4) is 0 Å². The molecule has 1 rings (SSSR count). The van der Waals surface area contributed by atoms with E-state index >= 15 is 0 Å². The number of hydrogen-bond acceptors (Lipinski definition) is 3. The van der Waals surface area contributed by atoms with Gasteiger partial charge in [0.2, 0.25) is 0 Å². The maximum atomic E-state index is 10.3. The van der Waals surface area contributed by atoms with Gasteiger partial charge in [-0.2, -0.15) is 0 Å². The van der Waals surface area contributed by atoms with Gasteiger partial charge in [0, 0.05) is 0 Å². The minimum Gasteiger partial charge on any atom is -0.358 e. The van der Waals surface area contributed by atoms with Gasteiger partial charge in [0.25, 0.3) is 0 Å². The van der Waals surface area contributed by atoms with Gasteiger partial charge in [0.05, 0.1) is 6.04 Å². The predicted molar refractivity (Wildman–Crippen MR) is 39.3 cm³/mol. The molecule has 0 amide bonds. The van der Waals surface area contributed by atoms with Crippen LogP contribution in [0.25, 0.3) is 0 Å². The molecule has 0 bridgehead atoms. The van der Waals surface area contributed by atoms with Gasteiger partial charge < -0.3 is 10.1 Å². The Labute approximate surface area is 63.8 Å². The van der Waals surface area contributed by atoms with E-state index in [1.165, 1.54) is 17.1 Å². The molecule has 1 aromatic rings. The number of aromatic nitrogens is 2. The van der Waals surface area contributed by atoms with Crippen molar-refractivity contribution in [2.45, 2.75) is 19.9 Å². The molecule has 0 aliphatic heterocycles. The largest absolute Gasteiger partial charge is 0.358 e. The fourth-order valence-corrected chi connectivity index (χ4v) is 0.837. The monoisotopic (exact) mass is 155 g/mol. The lowest BCUT2D eigenvalue weighted by molar-refractivity contribution is -0.392. The molecule has 0 aliphatic rings. The Morgan fingerprint density at radius 1 is 1.73 bits per heavy atom. The molecule has 5 nitrogen and oxygen atoms in total. The van der Waals surface area contributed by atoms with Crippen LogP contribution < -0.4 is 0 Å². The Bertz CT molecular complexity index is 267. The van der Waals surface area contributed by atoms with Crippen molar-refractivity contribution < 1.29 is 4.92 Å². The highest BCUT2D eigenvalue weighted by Gasteiger charge is 2.14. The molecule has 0 saturated heterocycles. The van der Waals surface area contributed by atoms with E-state index in [0.29, 0.717) is 0 Å². The highest BCUT2D eigenvalue weighted by molar-refractivity contribution is 5.15. The summed E-state index contributed by atoms with van der Waals surface area (Å²) in [7, 11) is 0. The maximum absolute atomic E-state index is 10.3. The number of nitrogens with zero attached hydrogens (tertiary/aromatic N) is 3. The van der Waals surface area contributed by atoms with Crippen molar-refractivity contribution in [2.24, 2.45) is 0 Å². The highest BCUT2D eigenvalue weighted by Crippen LogP contribution is 2.15. The third-order valence-electron chi connectivity index (χ3n) is 1.39. The van der Waals surface area contributed by atoms with Crippen molar-refractivity contribution in [3.05, 3.63) is 22.6 Å². The summed E-state index contributed by atoms with van der Waals surface area (Å²) < 4.78 is 1.51. The Morgan fingerprint density at radius 2 is 2.36 bits per heavy atom. The molecule has 1 heterocycles. The summed E-state index contributed by atoms with van der Waals surface area (Å²) in [6, 6.07) is 0.0814. The van der Waals surface area contributed by atoms with Crippen LogP contribution >= 0.6 is 0 Å². The SMILES string of the molecule is CC(C)n1cncc1[N+](=O)[O-]. The van der Waals surface area contributed by atoms with Crippen LogP contribution in [0, 0.1) is 10.1 Å². The van der Waals surface area contributed by atoms with Gasteiger partial charge in [-0.1, -0.05) is 0 Å². The topological polar surface area (TPSA) is 61.0 Å². The van der Waals surface area contributed by atoms with E-state index in [0.717, 1.165) is 0 Å². The van der Waals surface area contributed by atoms with Crippen molar-refractivity contribution in [1.29, 1.82) is 0 Å². The summed E-state index contributed by atoms with van der Waals surface area (Å²) >= 11 is 0. The van der Waals surface area contributed by atoms with Crippen LogP contribution in [0.2, 0.25) is 0 Å². The van der Waals surface area contributed by atoms with Crippen LogP contribution in [0.15, 0.2) is 12.5 Å². The third kappa shape index (κ3) is 1.36. The second-order valence-corrected chi connectivity index (χ2v) is 2.51. The van der Waals surface area contributed by atoms with Gasteiger partial charge in [-0.3, -0.25) is 0 Å². The first-order valence-corrected chi connectivity index (χ1v) is 3.29. The molecule has 0 radical (unpaired) electrons. The number of imidazole rings is 1. The molecule has 0 aliphatic carbocycles. The average molecular weight is 155 g/mol. The van der Waals surface area contributed by atoms with Crippen molar-refractivity contribution in [2.75, 3.05) is 0 Å². The molecule has 0 unspecified atom stereocenters. The molecule has 0 saturated carbocycles. The molecule has 0 N–H and O–H groups in total. The quantitative estimate of drug-likeness (QED) is 0.478. The second kappa shape index (κ2) is 2.69. The number of nitro groups is 1. The second-order valence-electron chi connectivity index (χ2n) is 2.51. The average Bonchev–Trinajstić information content (AvgIpc) is 2.32. The van der Waals surface area contributed by atoms with Crippen LogP contribution in [0.1, 0.15) is 19.9 Å². The molecule has 1 aromatic heterocycles. The van der Waals surface area contributed by atoms with Crippen LogP contribution in [-0.4, -0.2) is 14.5 Å². The van der Waals surface area contributed by atoms with E-state index in [1.807, 2.05) is 13.8 Å². The van der Waals surface area contributed by atoms with E-state index in [9.17, 15) is 10.1 Å². The normalized spacial score (nSPS) is 10.5. The number of rotatable bonds is 2. The summed E-state index contributed by atoms with van der Waals surface area (Å²) in [5, 5.41) is 10.3. The van der Waals surface area contributed by atoms with E-state index in [4.69, 9.17) is 0 Å². The molecule has 5 heteroatoms. The third-order valence-corrected chi connectivity index (χ3v) is 1.39. The van der Waals surface area contributed by atoms with Crippen molar-refractivity contribution in [1.82, 2.24) is 9.55 Å². The fourth-order valence-electron chi connectivity index (χ4n) is 0.837. The van der Waals surface area contributed by atoms with E-state index in [1.54, 1.807) is 0 Å². The molecule has 0 spiro atoms. The van der Waals surface area contributed by atoms with Gasteiger partial charge in [-0.25, -0.2) is 9.55 Å². The predicted octanol–water partition coefficient (Wildman–Crippen LogP) is 1.37. The molecule has 0 fully saturated rings. The molecule has 0 atom stereocenters. The lowest BCUT2D eigenvalue weighted by Gasteiger charge is -2.01. The first-order chi connectivity index (χ1) is 5.13. The minimum absolute atomic E-state index is 0.0417. The summed E-state index contributed by atoms with van der Waals surface area (Å²) in [5.74, 6) is 0.0417. The van der Waals surface area contributed by atoms with E-state index < -0.39 is 4.92 Å². The van der Waals surface area contributed by atoms with E-state index in [-0.39, 0.29) is 11.9 Å². The summed E-state index contributed by atoms with van der Waals surface area (Å²) in [6.45, 7) is 3.74. The first kappa shape index (κ1) is 7.71. The van der Waals surface area contributed by atoms with Gasteiger partial charge >= 0.3 is 5.82 Å². The lowest BCUT2D eigenvalue weighted by atomic mass is 10.4. The van der Waals surface area contributed by atoms with Gasteiger partial charge in [0.1, 0.15) is 6.20 Å². The zero-order valence-electron chi connectivity index (χ0n) is 6.39. The lowest BCUT2D eigenvalue weighted by Crippen LogP contribution is -2.03. The van der Waals surface area contributed by atoms with Crippen LogP contribution in [-0.2, 0) is 0 Å². The molecule has 11 heavy (non-hydrogen) atoms. The molecular weight excluding hydrogens is 146 g/mol. The summed E-state index contributed by atoms with van der Waals surface area (Å²) in [6.07, 6.45) is 2.71. The highest BCUT2D eigenvalue weighted by atomic mass is 16.6. The van der Waals surface area contributed by atoms with Gasteiger partial charge in [-0.15, -0.1) is 0 Å². The minimum atomic E-state index is -0.438. The Kier molecular flexibility index (Phi) is 1.89. The van der Waals surface area contributed by atoms with Gasteiger partial charge in [-0.05, 0) is 18.8 Å². The summed E-state index contributed by atoms with van der Waals surface area (Å²) in [5.41, 5.74) is 0. The summed E-state index contributed by atoms with van der Waals surface area (Å²) in [4.78, 5) is 13.6. The van der Waals surface area contributed by atoms with Crippen LogP contribution in [0.3, 0.4) is 0 Å². The van der Waals surface area contributed by atoms with Crippen molar-refractivity contribution in [3.63, 3.8) is 0 Å². The Balaban J connectivity index is 3.06. The van der Waals surface area contributed by atoms with Crippen LogP contribution in [0.5, 0.6) is 0 Å². The van der Waals surface area contributed by atoms with E-state index in [2.05, 4.69) is 4.98 Å². The Morgan fingerprint density at radius 3 is 2.73 bits per heavy atom. The van der Waals surface area contributed by atoms with Crippen molar-refractivity contribution >= 4 is 5.82 Å². The van der Waals surface area contributed by atoms with Crippen LogP contribution in [0.4, 0.5) is 5.82 Å². The molecule has 0 aromatic carbocycles. The Hall–Kier alpha value is -1.39. The first-order valence-electron chi connectivity index (χ1n) is 3.29. The standard InChI is InChI=1S/C6H9N3O2/c1-5(2)8-4-7-3-6(8)9(10)11/h3-5H,1-2H3. The smallest absolute Gasteiger partial charge is 0.342 e. The molecular formula is C6H9N3O2. The number of hydrogen-bond donors (Lipinski definition) is 0. The molecule has 60 valence electrons. The van der Waals surface area contributed by atoms with Gasteiger partial charge in [0.15, 0.2) is 6.33 Å². The maximum Gasteiger partial charge on any atom is 0.342 e. The zero-order valence-corrected chi connectivity index (χ0v) is 6.39. The zero-order chi connectivity index (χ0) is 8.43. The fraction of sp³-hybridized carbons (Fsp3) is 0.500.